The largest absolute Gasteiger partial charge is 0.324 e. The molecule has 0 heterocycles. The average Bonchev–Trinajstić information content (AvgIpc) is 3.04. The van der Waals surface area contributed by atoms with Crippen LogP contribution in [0.4, 0.5) is 0 Å². The molecule has 0 radical (unpaired) electrons. The van der Waals surface area contributed by atoms with E-state index in [4.69, 9.17) is 5.73 Å². The number of nitrogens with one attached hydrogen (secondary N) is 1. The molecule has 0 aliphatic heterocycles. The third-order valence-corrected chi connectivity index (χ3v) is 4.08. The number of nitrogens with two attached hydrogens (primary N) is 1. The first-order chi connectivity index (χ1) is 7.77. The zero-order valence-electron chi connectivity index (χ0n) is 9.65. The molecule has 0 bridgehead atoms. The van der Waals surface area contributed by atoms with Crippen molar-refractivity contribution in [2.24, 2.45) is 5.73 Å². The number of benzene rings is 1. The standard InChI is InChI=1S/C14H20N2/c15-14(7-4-8-14)10-16-13-9-12(13)11-5-2-1-3-6-11/h1-3,5-6,12-13,16H,4,7-10,15H2. The van der Waals surface area contributed by atoms with Crippen LogP contribution in [0.3, 0.4) is 0 Å². The van der Waals surface area contributed by atoms with Crippen LogP contribution in [0.25, 0.3) is 0 Å². The van der Waals surface area contributed by atoms with Crippen molar-refractivity contribution in [1.82, 2.24) is 5.32 Å². The van der Waals surface area contributed by atoms with Gasteiger partial charge in [-0.05, 0) is 31.2 Å². The molecule has 1 aromatic carbocycles. The van der Waals surface area contributed by atoms with Gasteiger partial charge in [-0.2, -0.15) is 0 Å². The quantitative estimate of drug-likeness (QED) is 0.808. The lowest BCUT2D eigenvalue weighted by Crippen LogP contribution is -2.54. The predicted octanol–water partition coefficient (Wildman–Crippen LogP) is 2.01. The Morgan fingerprint density at radius 3 is 2.62 bits per heavy atom. The highest BCUT2D eigenvalue weighted by Gasteiger charge is 2.40. The third kappa shape index (κ3) is 2.00. The number of hydrogen-bond donors (Lipinski definition) is 2. The van der Waals surface area contributed by atoms with E-state index in [1.807, 2.05) is 0 Å². The molecule has 0 saturated heterocycles. The van der Waals surface area contributed by atoms with Crippen molar-refractivity contribution in [2.45, 2.75) is 43.2 Å². The Bertz CT molecular complexity index is 356. The van der Waals surface area contributed by atoms with Crippen LogP contribution in [0.1, 0.15) is 37.2 Å². The van der Waals surface area contributed by atoms with E-state index in [1.165, 1.54) is 31.2 Å². The van der Waals surface area contributed by atoms with Crippen LogP contribution >= 0.6 is 0 Å². The van der Waals surface area contributed by atoms with Crippen molar-refractivity contribution in [3.05, 3.63) is 35.9 Å². The van der Waals surface area contributed by atoms with Crippen molar-refractivity contribution in [2.75, 3.05) is 6.54 Å². The Morgan fingerprint density at radius 2 is 2.00 bits per heavy atom. The van der Waals surface area contributed by atoms with Gasteiger partial charge in [0.05, 0.1) is 0 Å². The fourth-order valence-electron chi connectivity index (χ4n) is 2.63. The summed E-state index contributed by atoms with van der Waals surface area (Å²) in [6.45, 7) is 1.00. The van der Waals surface area contributed by atoms with Crippen molar-refractivity contribution in [3.8, 4) is 0 Å². The lowest BCUT2D eigenvalue weighted by molar-refractivity contribution is 0.238. The third-order valence-electron chi connectivity index (χ3n) is 4.08. The van der Waals surface area contributed by atoms with Crippen molar-refractivity contribution in [3.63, 3.8) is 0 Å². The van der Waals surface area contributed by atoms with Crippen molar-refractivity contribution < 1.29 is 0 Å². The second-order valence-corrected chi connectivity index (χ2v) is 5.46. The zero-order valence-corrected chi connectivity index (χ0v) is 9.65. The Hall–Kier alpha value is -0.860. The molecule has 2 aliphatic carbocycles. The molecule has 2 atom stereocenters. The minimum Gasteiger partial charge on any atom is -0.324 e. The van der Waals surface area contributed by atoms with Crippen LogP contribution in [-0.2, 0) is 0 Å². The first-order valence-electron chi connectivity index (χ1n) is 6.34. The molecular weight excluding hydrogens is 196 g/mol. The highest BCUT2D eigenvalue weighted by molar-refractivity contribution is 5.27. The average molecular weight is 216 g/mol. The molecule has 3 N–H and O–H groups in total. The summed E-state index contributed by atoms with van der Waals surface area (Å²) in [5, 5.41) is 3.62. The van der Waals surface area contributed by atoms with E-state index in [-0.39, 0.29) is 5.54 Å². The summed E-state index contributed by atoms with van der Waals surface area (Å²) in [6.07, 6.45) is 4.98. The number of rotatable bonds is 4. The van der Waals surface area contributed by atoms with Gasteiger partial charge in [0.15, 0.2) is 0 Å². The van der Waals surface area contributed by atoms with Crippen molar-refractivity contribution in [1.29, 1.82) is 0 Å². The van der Waals surface area contributed by atoms with Crippen LogP contribution in [0.5, 0.6) is 0 Å². The Labute approximate surface area is 97.2 Å². The van der Waals surface area contributed by atoms with Gasteiger partial charge >= 0.3 is 0 Å². The Morgan fingerprint density at radius 1 is 1.25 bits per heavy atom. The normalized spacial score (nSPS) is 30.8. The Kier molecular flexibility index (Phi) is 2.49. The van der Waals surface area contributed by atoms with E-state index in [0.29, 0.717) is 6.04 Å². The fourth-order valence-corrected chi connectivity index (χ4v) is 2.63. The van der Waals surface area contributed by atoms with Gasteiger partial charge in [0.25, 0.3) is 0 Å². The van der Waals surface area contributed by atoms with Crippen LogP contribution in [0.2, 0.25) is 0 Å². The summed E-state index contributed by atoms with van der Waals surface area (Å²) >= 11 is 0. The van der Waals surface area contributed by atoms with Gasteiger partial charge in [0, 0.05) is 24.0 Å². The van der Waals surface area contributed by atoms with Gasteiger partial charge in [0.1, 0.15) is 0 Å². The predicted molar refractivity (Wildman–Crippen MR) is 66.4 cm³/mol. The van der Waals surface area contributed by atoms with E-state index in [0.717, 1.165) is 12.5 Å². The molecule has 2 unspecified atom stereocenters. The van der Waals surface area contributed by atoms with E-state index in [9.17, 15) is 0 Å². The highest BCUT2D eigenvalue weighted by atomic mass is 15.0. The lowest BCUT2D eigenvalue weighted by Gasteiger charge is -2.38. The molecule has 2 fully saturated rings. The van der Waals surface area contributed by atoms with Crippen LogP contribution in [-0.4, -0.2) is 18.1 Å². The van der Waals surface area contributed by atoms with Crippen LogP contribution in [0, 0.1) is 0 Å². The molecule has 86 valence electrons. The van der Waals surface area contributed by atoms with E-state index in [1.54, 1.807) is 0 Å². The molecule has 0 spiro atoms. The molecular formula is C14H20N2. The molecule has 2 aliphatic rings. The summed E-state index contributed by atoms with van der Waals surface area (Å²) in [4.78, 5) is 0. The monoisotopic (exact) mass is 216 g/mol. The van der Waals surface area contributed by atoms with E-state index in [2.05, 4.69) is 35.6 Å². The molecule has 2 saturated carbocycles. The maximum atomic E-state index is 6.20. The number of hydrogen-bond acceptors (Lipinski definition) is 2. The van der Waals surface area contributed by atoms with E-state index >= 15 is 0 Å². The van der Waals surface area contributed by atoms with Gasteiger partial charge in [-0.3, -0.25) is 0 Å². The zero-order chi connectivity index (χ0) is 11.0. The lowest BCUT2D eigenvalue weighted by atomic mass is 9.78. The van der Waals surface area contributed by atoms with Gasteiger partial charge < -0.3 is 11.1 Å². The fraction of sp³-hybridized carbons (Fsp3) is 0.571. The minimum absolute atomic E-state index is 0.115. The smallest absolute Gasteiger partial charge is 0.0280 e. The second kappa shape index (κ2) is 3.86. The first kappa shape index (κ1) is 10.3. The first-order valence-corrected chi connectivity index (χ1v) is 6.34. The summed E-state index contributed by atoms with van der Waals surface area (Å²) in [5.41, 5.74) is 7.79. The molecule has 0 amide bonds. The van der Waals surface area contributed by atoms with Crippen LogP contribution in [0.15, 0.2) is 30.3 Å². The molecule has 2 heteroatoms. The summed E-state index contributed by atoms with van der Waals surface area (Å²) in [6, 6.07) is 11.5. The summed E-state index contributed by atoms with van der Waals surface area (Å²) in [7, 11) is 0. The molecule has 3 rings (SSSR count). The summed E-state index contributed by atoms with van der Waals surface area (Å²) in [5.74, 6) is 0.727. The minimum atomic E-state index is 0.115. The molecule has 2 nitrogen and oxygen atoms in total. The second-order valence-electron chi connectivity index (χ2n) is 5.46. The van der Waals surface area contributed by atoms with Gasteiger partial charge in [-0.25, -0.2) is 0 Å². The topological polar surface area (TPSA) is 38.0 Å². The SMILES string of the molecule is NC1(CNC2CC2c2ccccc2)CCC1. The van der Waals surface area contributed by atoms with Crippen molar-refractivity contribution >= 4 is 0 Å². The maximum absolute atomic E-state index is 6.20. The summed E-state index contributed by atoms with van der Waals surface area (Å²) < 4.78 is 0. The molecule has 16 heavy (non-hydrogen) atoms. The molecule has 1 aromatic rings. The van der Waals surface area contributed by atoms with E-state index < -0.39 is 0 Å². The van der Waals surface area contributed by atoms with Gasteiger partial charge in [-0.15, -0.1) is 0 Å². The highest BCUT2D eigenvalue weighted by Crippen LogP contribution is 2.41. The van der Waals surface area contributed by atoms with Gasteiger partial charge in [-0.1, -0.05) is 30.3 Å². The maximum Gasteiger partial charge on any atom is 0.0280 e. The van der Waals surface area contributed by atoms with Gasteiger partial charge in [0.2, 0.25) is 0 Å². The Balaban J connectivity index is 1.49. The molecule has 0 aromatic heterocycles. The van der Waals surface area contributed by atoms with Crippen LogP contribution < -0.4 is 11.1 Å².